The second kappa shape index (κ2) is 11.3. The van der Waals surface area contributed by atoms with Crippen LogP contribution in [0.5, 0.6) is 5.75 Å². The number of ether oxygens (including phenoxy) is 1. The van der Waals surface area contributed by atoms with Crippen LogP contribution in [-0.2, 0) is 0 Å². The molecule has 0 bridgehead atoms. The maximum Gasteiger partial charge on any atom is 0.324 e. The van der Waals surface area contributed by atoms with Gasteiger partial charge >= 0.3 is 6.01 Å². The summed E-state index contributed by atoms with van der Waals surface area (Å²) < 4.78 is 52.9. The number of halogens is 4. The average Bonchev–Trinajstić information content (AvgIpc) is 3.58. The predicted octanol–water partition coefficient (Wildman–Crippen LogP) is 4.41. The molecule has 38 heavy (non-hydrogen) atoms. The Balaban J connectivity index is 1.14. The molecule has 2 aromatic heterocycles. The van der Waals surface area contributed by atoms with Crippen molar-refractivity contribution in [2.75, 3.05) is 42.6 Å². The van der Waals surface area contributed by atoms with Crippen LogP contribution in [0, 0.1) is 23.4 Å². The second-order valence-electron chi connectivity index (χ2n) is 10.1. The summed E-state index contributed by atoms with van der Waals surface area (Å²) >= 11 is 5.88. The first-order valence-corrected chi connectivity index (χ1v) is 13.0. The average molecular weight is 552 g/mol. The molecule has 0 radical (unpaired) electrons. The molecule has 0 saturated carbocycles. The lowest BCUT2D eigenvalue weighted by atomic mass is 9.94. The van der Waals surface area contributed by atoms with E-state index in [1.165, 1.54) is 0 Å². The third kappa shape index (κ3) is 5.65. The summed E-state index contributed by atoms with van der Waals surface area (Å²) in [4.78, 5) is 19.8. The van der Waals surface area contributed by atoms with Gasteiger partial charge in [-0.25, -0.2) is 28.0 Å². The number of hydrogen-bond acceptors (Lipinski definition) is 9. The third-order valence-electron chi connectivity index (χ3n) is 7.11. The molecule has 1 N–H and O–H groups in total. The van der Waals surface area contributed by atoms with E-state index in [1.54, 1.807) is 12.4 Å². The monoisotopic (exact) mass is 551 g/mol. The van der Waals surface area contributed by atoms with Gasteiger partial charge in [0, 0.05) is 50.1 Å². The number of piperidine rings is 1. The summed E-state index contributed by atoms with van der Waals surface area (Å²) in [5.41, 5.74) is 0.0509. The van der Waals surface area contributed by atoms with E-state index in [2.05, 4.69) is 29.8 Å². The van der Waals surface area contributed by atoms with E-state index in [9.17, 15) is 13.2 Å². The zero-order chi connectivity index (χ0) is 26.8. The number of anilines is 2. The van der Waals surface area contributed by atoms with Crippen LogP contribution in [0.3, 0.4) is 0 Å². The van der Waals surface area contributed by atoms with E-state index in [0.717, 1.165) is 32.0 Å². The lowest BCUT2D eigenvalue weighted by molar-refractivity contribution is 0.219. The van der Waals surface area contributed by atoms with Crippen LogP contribution in [0.4, 0.5) is 25.1 Å². The van der Waals surface area contributed by atoms with Crippen molar-refractivity contribution in [2.24, 2.45) is 5.92 Å². The SMILES string of the molecule is CC(C)c1noc(N2CCC(COc3cnc(N4C[C@H](NCl)[C@@H](c5cc(F)c(F)cc5F)C4)nc3)CC2)n1. The molecule has 2 atom stereocenters. The fourth-order valence-corrected chi connectivity index (χ4v) is 5.08. The van der Waals surface area contributed by atoms with E-state index < -0.39 is 29.4 Å². The molecule has 1 aromatic carbocycles. The van der Waals surface area contributed by atoms with Gasteiger partial charge in [0.05, 0.1) is 19.0 Å². The van der Waals surface area contributed by atoms with Crippen molar-refractivity contribution in [3.8, 4) is 5.75 Å². The Morgan fingerprint density at radius 1 is 1.05 bits per heavy atom. The fourth-order valence-electron chi connectivity index (χ4n) is 4.86. The van der Waals surface area contributed by atoms with Crippen molar-refractivity contribution >= 4 is 23.7 Å². The molecule has 0 unspecified atom stereocenters. The van der Waals surface area contributed by atoms with Crippen LogP contribution in [0.25, 0.3) is 0 Å². The van der Waals surface area contributed by atoms with Gasteiger partial charge in [0.15, 0.2) is 23.2 Å². The smallest absolute Gasteiger partial charge is 0.324 e. The Bertz CT molecular complexity index is 1240. The molecule has 2 saturated heterocycles. The summed E-state index contributed by atoms with van der Waals surface area (Å²) in [7, 11) is 0. The molecular weight excluding hydrogens is 523 g/mol. The van der Waals surface area contributed by atoms with Crippen LogP contribution >= 0.6 is 11.8 Å². The van der Waals surface area contributed by atoms with E-state index in [-0.39, 0.29) is 18.0 Å². The van der Waals surface area contributed by atoms with Gasteiger partial charge in [0.1, 0.15) is 5.82 Å². The topological polar surface area (TPSA) is 92.4 Å². The zero-order valence-electron chi connectivity index (χ0n) is 21.1. The minimum atomic E-state index is -1.23. The molecule has 3 aromatic rings. The van der Waals surface area contributed by atoms with E-state index in [0.29, 0.717) is 48.7 Å². The predicted molar refractivity (Wildman–Crippen MR) is 135 cm³/mol. The van der Waals surface area contributed by atoms with Crippen molar-refractivity contribution in [1.82, 2.24) is 24.9 Å². The number of nitrogens with zero attached hydrogens (tertiary/aromatic N) is 6. The third-order valence-corrected chi connectivity index (χ3v) is 7.39. The van der Waals surface area contributed by atoms with Gasteiger partial charge in [0.25, 0.3) is 0 Å². The van der Waals surface area contributed by atoms with Crippen LogP contribution in [0.2, 0.25) is 0 Å². The molecule has 4 heterocycles. The van der Waals surface area contributed by atoms with Crippen molar-refractivity contribution in [2.45, 2.75) is 44.6 Å². The van der Waals surface area contributed by atoms with Crippen molar-refractivity contribution in [1.29, 1.82) is 0 Å². The molecular formula is C25H29ClF3N7O2. The van der Waals surface area contributed by atoms with Crippen LogP contribution < -0.4 is 19.4 Å². The number of rotatable bonds is 8. The summed E-state index contributed by atoms with van der Waals surface area (Å²) in [5, 5.41) is 4.04. The van der Waals surface area contributed by atoms with E-state index >= 15 is 0 Å². The minimum Gasteiger partial charge on any atom is -0.490 e. The lowest BCUT2D eigenvalue weighted by Crippen LogP contribution is -2.35. The number of aromatic nitrogens is 4. The molecule has 2 aliphatic rings. The van der Waals surface area contributed by atoms with Gasteiger partial charge in [0.2, 0.25) is 5.95 Å². The molecule has 2 fully saturated rings. The molecule has 204 valence electrons. The van der Waals surface area contributed by atoms with Crippen LogP contribution in [0.1, 0.15) is 49.9 Å². The Labute approximate surface area is 223 Å². The highest BCUT2D eigenvalue weighted by molar-refractivity contribution is 6.13. The van der Waals surface area contributed by atoms with Gasteiger partial charge in [-0.15, -0.1) is 0 Å². The highest BCUT2D eigenvalue weighted by Gasteiger charge is 2.37. The molecule has 0 amide bonds. The Morgan fingerprint density at radius 3 is 2.42 bits per heavy atom. The fraction of sp³-hybridized carbons (Fsp3) is 0.520. The van der Waals surface area contributed by atoms with Crippen molar-refractivity contribution in [3.05, 3.63) is 53.4 Å². The Kier molecular flexibility index (Phi) is 7.89. The van der Waals surface area contributed by atoms with Crippen molar-refractivity contribution < 1.29 is 22.4 Å². The number of benzene rings is 1. The first-order valence-electron chi connectivity index (χ1n) is 12.6. The second-order valence-corrected chi connectivity index (χ2v) is 10.3. The van der Waals surface area contributed by atoms with Gasteiger partial charge < -0.3 is 19.1 Å². The molecule has 9 nitrogen and oxygen atoms in total. The maximum atomic E-state index is 14.4. The van der Waals surface area contributed by atoms with E-state index in [1.807, 2.05) is 18.7 Å². The first kappa shape index (κ1) is 26.5. The Morgan fingerprint density at radius 2 is 1.76 bits per heavy atom. The van der Waals surface area contributed by atoms with Crippen LogP contribution in [0.15, 0.2) is 29.0 Å². The Hall–Kier alpha value is -3.12. The number of nitrogens with one attached hydrogen (secondary N) is 1. The molecule has 13 heteroatoms. The highest BCUT2D eigenvalue weighted by Crippen LogP contribution is 2.33. The van der Waals surface area contributed by atoms with Crippen molar-refractivity contribution in [3.63, 3.8) is 0 Å². The lowest BCUT2D eigenvalue weighted by Gasteiger charge is -2.30. The summed E-state index contributed by atoms with van der Waals surface area (Å²) in [5.74, 6) is -1.40. The van der Waals surface area contributed by atoms with Gasteiger partial charge in [-0.05, 0) is 42.2 Å². The highest BCUT2D eigenvalue weighted by atomic mass is 35.5. The molecule has 5 rings (SSSR count). The standard InChI is InChI=1S/C25H29ClF3N7O2/c1-14(2)23-32-25(38-34-23)35-5-3-15(4-6-35)13-37-16-9-30-24(31-10-16)36-11-18(22(12-36)33-26)17-7-20(28)21(29)8-19(17)27/h7-10,14-15,18,22,33H,3-6,11-13H2,1-2H3/t18-,22+/m1/s1. The summed E-state index contributed by atoms with van der Waals surface area (Å²) in [6.45, 7) is 6.87. The number of hydrogen-bond donors (Lipinski definition) is 1. The minimum absolute atomic E-state index is 0.0509. The van der Waals surface area contributed by atoms with Gasteiger partial charge in [-0.1, -0.05) is 19.0 Å². The summed E-state index contributed by atoms with van der Waals surface area (Å²) in [6, 6.07) is 1.59. The first-order chi connectivity index (χ1) is 18.3. The quantitative estimate of drug-likeness (QED) is 0.323. The zero-order valence-corrected chi connectivity index (χ0v) is 21.8. The molecule has 0 spiro atoms. The van der Waals surface area contributed by atoms with E-state index in [4.69, 9.17) is 21.0 Å². The van der Waals surface area contributed by atoms with Gasteiger partial charge in [-0.3, -0.25) is 0 Å². The normalized spacial score (nSPS) is 20.5. The van der Waals surface area contributed by atoms with Gasteiger partial charge in [-0.2, -0.15) is 4.98 Å². The van der Waals surface area contributed by atoms with Crippen LogP contribution in [-0.4, -0.2) is 58.9 Å². The maximum absolute atomic E-state index is 14.4. The molecule has 2 aliphatic heterocycles. The largest absolute Gasteiger partial charge is 0.490 e. The summed E-state index contributed by atoms with van der Waals surface area (Å²) in [6.07, 6.45) is 5.05. The molecule has 0 aliphatic carbocycles.